The summed E-state index contributed by atoms with van der Waals surface area (Å²) in [6.07, 6.45) is 5.98. The van der Waals surface area contributed by atoms with Gasteiger partial charge in [0.1, 0.15) is 0 Å². The standard InChI is InChI=1S/C35H36O2/c1-17-19(3)25(9)31-29(21(17)5)23(7)24(8)30-22(6)18(2)20(4)26(10)32(30)35(31)14-16-37-34-28(35)12-11-27-13-15-36-33(27)34/h11-16H,1-10H3. The summed E-state index contributed by atoms with van der Waals surface area (Å²) in [6, 6.07) is 6.47. The SMILES string of the molecule is CC1=C(C)c2c(C)c(C)c(C)c(C)c2C2(C=COc3c2ccc2ccoc32)c2c(C)c(C)c(C)c(C)c21. The van der Waals surface area contributed by atoms with Gasteiger partial charge in [0.2, 0.25) is 0 Å². The maximum atomic E-state index is 6.31. The van der Waals surface area contributed by atoms with Crippen LogP contribution in [0.25, 0.3) is 22.1 Å². The zero-order valence-corrected chi connectivity index (χ0v) is 23.8. The molecule has 0 saturated carbocycles. The lowest BCUT2D eigenvalue weighted by molar-refractivity contribution is 0.437. The van der Waals surface area contributed by atoms with Gasteiger partial charge in [-0.1, -0.05) is 12.1 Å². The molecule has 2 aliphatic rings. The highest BCUT2D eigenvalue weighted by Gasteiger charge is 2.47. The van der Waals surface area contributed by atoms with Crippen LogP contribution in [0, 0.1) is 55.4 Å². The van der Waals surface area contributed by atoms with Gasteiger partial charge in [-0.05, 0) is 159 Å². The van der Waals surface area contributed by atoms with E-state index in [4.69, 9.17) is 9.15 Å². The summed E-state index contributed by atoms with van der Waals surface area (Å²) in [4.78, 5) is 0. The first-order chi connectivity index (χ1) is 17.5. The predicted octanol–water partition coefficient (Wildman–Crippen LogP) is 9.40. The van der Waals surface area contributed by atoms with Gasteiger partial charge in [0, 0.05) is 10.9 Å². The molecule has 2 heterocycles. The van der Waals surface area contributed by atoms with E-state index in [-0.39, 0.29) is 0 Å². The monoisotopic (exact) mass is 488 g/mol. The molecule has 0 fully saturated rings. The van der Waals surface area contributed by atoms with E-state index in [1.165, 1.54) is 77.9 Å². The molecule has 1 aliphatic carbocycles. The number of furan rings is 1. The summed E-state index contributed by atoms with van der Waals surface area (Å²) < 4.78 is 12.3. The van der Waals surface area contributed by atoms with Gasteiger partial charge in [-0.3, -0.25) is 0 Å². The molecule has 0 amide bonds. The Morgan fingerprint density at radius 2 is 1.08 bits per heavy atom. The maximum absolute atomic E-state index is 6.31. The molecule has 3 aromatic carbocycles. The number of rotatable bonds is 0. The number of fused-ring (bicyclic) bond motifs is 8. The first-order valence-corrected chi connectivity index (χ1v) is 13.3. The van der Waals surface area contributed by atoms with E-state index in [0.29, 0.717) is 0 Å². The molecule has 0 atom stereocenters. The average molecular weight is 489 g/mol. The normalized spacial score (nSPS) is 15.5. The van der Waals surface area contributed by atoms with Crippen molar-refractivity contribution in [2.24, 2.45) is 0 Å². The molecule has 1 aromatic heterocycles. The van der Waals surface area contributed by atoms with E-state index >= 15 is 0 Å². The van der Waals surface area contributed by atoms with Crippen LogP contribution >= 0.6 is 0 Å². The third-order valence-corrected chi connectivity index (χ3v) is 9.98. The second kappa shape index (κ2) is 7.74. The average Bonchev–Trinajstić information content (AvgIpc) is 3.36. The Bertz CT molecular complexity index is 1660. The summed E-state index contributed by atoms with van der Waals surface area (Å²) >= 11 is 0. The van der Waals surface area contributed by atoms with Crippen molar-refractivity contribution < 1.29 is 9.15 Å². The smallest absolute Gasteiger partial charge is 0.176 e. The van der Waals surface area contributed by atoms with E-state index in [0.717, 1.165) is 22.3 Å². The highest BCUT2D eigenvalue weighted by Crippen LogP contribution is 2.58. The van der Waals surface area contributed by atoms with Gasteiger partial charge < -0.3 is 9.15 Å². The molecule has 2 nitrogen and oxygen atoms in total. The predicted molar refractivity (Wildman–Crippen MR) is 155 cm³/mol. The molecule has 1 aliphatic heterocycles. The lowest BCUT2D eigenvalue weighted by Gasteiger charge is -2.41. The Morgan fingerprint density at radius 1 is 0.568 bits per heavy atom. The van der Waals surface area contributed by atoms with Crippen LogP contribution in [0.3, 0.4) is 0 Å². The fourth-order valence-corrected chi connectivity index (χ4v) is 7.21. The van der Waals surface area contributed by atoms with Gasteiger partial charge in [-0.15, -0.1) is 0 Å². The molecular weight excluding hydrogens is 452 g/mol. The van der Waals surface area contributed by atoms with Crippen LogP contribution < -0.4 is 4.74 Å². The van der Waals surface area contributed by atoms with Crippen LogP contribution in [0.2, 0.25) is 0 Å². The van der Waals surface area contributed by atoms with Crippen LogP contribution in [0.4, 0.5) is 0 Å². The topological polar surface area (TPSA) is 22.4 Å². The summed E-state index contributed by atoms with van der Waals surface area (Å²) in [5.74, 6) is 0.824. The van der Waals surface area contributed by atoms with E-state index in [2.05, 4.69) is 87.4 Å². The quantitative estimate of drug-likeness (QED) is 0.246. The summed E-state index contributed by atoms with van der Waals surface area (Å²) in [5, 5.41) is 1.06. The second-order valence-corrected chi connectivity index (χ2v) is 11.3. The molecule has 37 heavy (non-hydrogen) atoms. The van der Waals surface area contributed by atoms with Gasteiger partial charge in [-0.2, -0.15) is 0 Å². The van der Waals surface area contributed by atoms with E-state index < -0.39 is 5.41 Å². The van der Waals surface area contributed by atoms with Crippen LogP contribution in [-0.4, -0.2) is 0 Å². The second-order valence-electron chi connectivity index (χ2n) is 11.3. The molecule has 188 valence electrons. The van der Waals surface area contributed by atoms with E-state index in [1.54, 1.807) is 6.26 Å². The number of benzene rings is 3. The Labute approximate surface area is 220 Å². The Hall–Kier alpha value is -3.52. The Morgan fingerprint density at radius 3 is 1.62 bits per heavy atom. The van der Waals surface area contributed by atoms with Crippen molar-refractivity contribution in [2.45, 2.75) is 74.7 Å². The molecule has 0 saturated heterocycles. The van der Waals surface area contributed by atoms with Gasteiger partial charge in [-0.25, -0.2) is 0 Å². The minimum atomic E-state index is -0.515. The van der Waals surface area contributed by atoms with Crippen molar-refractivity contribution in [1.29, 1.82) is 0 Å². The number of hydrogen-bond acceptors (Lipinski definition) is 2. The largest absolute Gasteiger partial charge is 0.461 e. The molecule has 6 rings (SSSR count). The van der Waals surface area contributed by atoms with Crippen molar-refractivity contribution in [3.63, 3.8) is 0 Å². The fraction of sp³-hybridized carbons (Fsp3) is 0.314. The van der Waals surface area contributed by atoms with Crippen molar-refractivity contribution in [1.82, 2.24) is 0 Å². The van der Waals surface area contributed by atoms with Crippen molar-refractivity contribution >= 4 is 22.1 Å². The number of allylic oxidation sites excluding steroid dienone is 3. The summed E-state index contributed by atoms with van der Waals surface area (Å²) in [7, 11) is 0. The molecular formula is C35H36O2. The molecule has 0 N–H and O–H groups in total. The molecule has 4 aromatic rings. The molecule has 2 heteroatoms. The van der Waals surface area contributed by atoms with E-state index in [1.807, 2.05) is 12.3 Å². The molecule has 1 spiro atoms. The lowest BCUT2D eigenvalue weighted by atomic mass is 9.62. The Balaban J connectivity index is 1.97. The summed E-state index contributed by atoms with van der Waals surface area (Å²) in [5.41, 5.74) is 20.6. The maximum Gasteiger partial charge on any atom is 0.176 e. The van der Waals surface area contributed by atoms with E-state index in [9.17, 15) is 0 Å². The van der Waals surface area contributed by atoms with Crippen molar-refractivity contribution in [3.8, 4) is 5.75 Å². The lowest BCUT2D eigenvalue weighted by Crippen LogP contribution is -2.34. The van der Waals surface area contributed by atoms with Gasteiger partial charge in [0.05, 0.1) is 17.9 Å². The fourth-order valence-electron chi connectivity index (χ4n) is 7.21. The number of hydrogen-bond donors (Lipinski definition) is 0. The van der Waals surface area contributed by atoms with Crippen molar-refractivity contribution in [2.75, 3.05) is 0 Å². The highest BCUT2D eigenvalue weighted by atomic mass is 16.5. The van der Waals surface area contributed by atoms with Crippen LogP contribution in [-0.2, 0) is 5.41 Å². The third kappa shape index (κ3) is 2.76. The first-order valence-electron chi connectivity index (χ1n) is 13.3. The van der Waals surface area contributed by atoms with Crippen LogP contribution in [0.15, 0.2) is 41.2 Å². The first kappa shape index (κ1) is 23.9. The van der Waals surface area contributed by atoms with Crippen LogP contribution in [0.1, 0.15) is 86.2 Å². The van der Waals surface area contributed by atoms with Gasteiger partial charge in [0.25, 0.3) is 0 Å². The highest BCUT2D eigenvalue weighted by molar-refractivity contribution is 5.99. The van der Waals surface area contributed by atoms with Crippen molar-refractivity contribution in [3.05, 3.63) is 109 Å². The minimum Gasteiger partial charge on any atom is -0.461 e. The molecule has 0 bridgehead atoms. The zero-order chi connectivity index (χ0) is 26.5. The zero-order valence-electron chi connectivity index (χ0n) is 23.8. The van der Waals surface area contributed by atoms with Crippen LogP contribution in [0.5, 0.6) is 5.75 Å². The van der Waals surface area contributed by atoms with Gasteiger partial charge in [0.15, 0.2) is 11.3 Å². The molecule has 0 radical (unpaired) electrons. The Kier molecular flexibility index (Phi) is 4.99. The third-order valence-electron chi connectivity index (χ3n) is 9.98. The summed E-state index contributed by atoms with van der Waals surface area (Å²) in [6.45, 7) is 23.0. The number of ether oxygens (including phenoxy) is 1. The minimum absolute atomic E-state index is 0.515. The van der Waals surface area contributed by atoms with Gasteiger partial charge >= 0.3 is 0 Å². The molecule has 0 unspecified atom stereocenters.